The first kappa shape index (κ1) is 14.9. The van der Waals surface area contributed by atoms with Crippen LogP contribution in [0, 0.1) is 5.82 Å². The van der Waals surface area contributed by atoms with Gasteiger partial charge in [0.2, 0.25) is 11.8 Å². The van der Waals surface area contributed by atoms with E-state index >= 15 is 0 Å². The van der Waals surface area contributed by atoms with E-state index < -0.39 is 11.9 Å². The summed E-state index contributed by atoms with van der Waals surface area (Å²) in [5, 5.41) is 2.54. The molecule has 0 aliphatic rings. The van der Waals surface area contributed by atoms with Crippen LogP contribution in [0.5, 0.6) is 0 Å². The molecule has 1 atom stereocenters. The Kier molecular flexibility index (Phi) is 5.23. The van der Waals surface area contributed by atoms with Gasteiger partial charge in [-0.15, -0.1) is 6.58 Å². The molecule has 0 radical (unpaired) electrons. The molecule has 0 heterocycles. The van der Waals surface area contributed by atoms with Gasteiger partial charge in [-0.1, -0.05) is 17.7 Å². The highest BCUT2D eigenvalue weighted by atomic mass is 19.1. The van der Waals surface area contributed by atoms with Crippen molar-refractivity contribution in [2.75, 3.05) is 0 Å². The molecule has 0 spiro atoms. The number of halogens is 1. The topological polar surface area (TPSA) is 72.2 Å². The fourth-order valence-corrected chi connectivity index (χ4v) is 1.60. The van der Waals surface area contributed by atoms with Gasteiger partial charge in [-0.2, -0.15) is 0 Å². The Labute approximate surface area is 111 Å². The van der Waals surface area contributed by atoms with Crippen LogP contribution in [0.1, 0.15) is 18.9 Å². The lowest BCUT2D eigenvalue weighted by atomic mass is 10.1. The molecule has 2 amide bonds. The SMILES string of the molecule is C=C(C)C[C@H](NC(=O)Cc1ccc(F)cc1)C(N)=O. The highest BCUT2D eigenvalue weighted by molar-refractivity contribution is 5.87. The van der Waals surface area contributed by atoms with Crippen molar-refractivity contribution in [2.24, 2.45) is 5.73 Å². The maximum absolute atomic E-state index is 12.7. The molecule has 0 saturated carbocycles. The average molecular weight is 264 g/mol. The zero-order valence-electron chi connectivity index (χ0n) is 10.8. The molecule has 4 nitrogen and oxygen atoms in total. The first-order valence-corrected chi connectivity index (χ1v) is 5.86. The number of hydrogen-bond donors (Lipinski definition) is 2. The van der Waals surface area contributed by atoms with E-state index in [2.05, 4.69) is 11.9 Å². The Morgan fingerprint density at radius 3 is 2.42 bits per heavy atom. The van der Waals surface area contributed by atoms with Gasteiger partial charge in [-0.25, -0.2) is 4.39 Å². The predicted molar refractivity (Wildman–Crippen MR) is 70.7 cm³/mol. The van der Waals surface area contributed by atoms with Crippen molar-refractivity contribution < 1.29 is 14.0 Å². The molecule has 3 N–H and O–H groups in total. The number of nitrogens with two attached hydrogens (primary N) is 1. The molecular formula is C14H17FN2O2. The van der Waals surface area contributed by atoms with Gasteiger partial charge in [-0.3, -0.25) is 9.59 Å². The van der Waals surface area contributed by atoms with E-state index in [9.17, 15) is 14.0 Å². The van der Waals surface area contributed by atoms with Crippen molar-refractivity contribution in [1.82, 2.24) is 5.32 Å². The van der Waals surface area contributed by atoms with Crippen LogP contribution >= 0.6 is 0 Å². The van der Waals surface area contributed by atoms with Crippen LogP contribution in [-0.4, -0.2) is 17.9 Å². The summed E-state index contributed by atoms with van der Waals surface area (Å²) in [6.07, 6.45) is 0.380. The van der Waals surface area contributed by atoms with E-state index in [1.807, 2.05) is 0 Å². The van der Waals surface area contributed by atoms with Crippen LogP contribution in [-0.2, 0) is 16.0 Å². The number of nitrogens with one attached hydrogen (secondary N) is 1. The van der Waals surface area contributed by atoms with Crippen molar-refractivity contribution in [2.45, 2.75) is 25.8 Å². The van der Waals surface area contributed by atoms with Gasteiger partial charge < -0.3 is 11.1 Å². The molecule has 19 heavy (non-hydrogen) atoms. The van der Waals surface area contributed by atoms with Crippen LogP contribution < -0.4 is 11.1 Å². The second-order valence-corrected chi connectivity index (χ2v) is 4.49. The summed E-state index contributed by atoms with van der Waals surface area (Å²) in [6.45, 7) is 5.43. The number of benzene rings is 1. The summed E-state index contributed by atoms with van der Waals surface area (Å²) in [5.74, 6) is -1.30. The predicted octanol–water partition coefficient (Wildman–Crippen LogP) is 1.30. The van der Waals surface area contributed by atoms with E-state index in [-0.39, 0.29) is 18.1 Å². The highest BCUT2D eigenvalue weighted by Gasteiger charge is 2.17. The molecule has 0 aromatic heterocycles. The van der Waals surface area contributed by atoms with Crippen LogP contribution in [0.15, 0.2) is 36.4 Å². The first-order valence-electron chi connectivity index (χ1n) is 5.86. The number of carbonyl (C=O) groups excluding carboxylic acids is 2. The van der Waals surface area contributed by atoms with Crippen molar-refractivity contribution in [3.63, 3.8) is 0 Å². The normalized spacial score (nSPS) is 11.7. The fraction of sp³-hybridized carbons (Fsp3) is 0.286. The number of amides is 2. The van der Waals surface area contributed by atoms with Gasteiger partial charge in [-0.05, 0) is 31.0 Å². The Hall–Kier alpha value is -2.17. The highest BCUT2D eigenvalue weighted by Crippen LogP contribution is 2.05. The van der Waals surface area contributed by atoms with Crippen LogP contribution in [0.2, 0.25) is 0 Å². The number of hydrogen-bond acceptors (Lipinski definition) is 2. The van der Waals surface area contributed by atoms with Crippen LogP contribution in [0.3, 0.4) is 0 Å². The van der Waals surface area contributed by atoms with Crippen LogP contribution in [0.4, 0.5) is 4.39 Å². The lowest BCUT2D eigenvalue weighted by Crippen LogP contribution is -2.45. The zero-order chi connectivity index (χ0) is 14.4. The van der Waals surface area contributed by atoms with Crippen LogP contribution in [0.25, 0.3) is 0 Å². The van der Waals surface area contributed by atoms with Gasteiger partial charge in [0.1, 0.15) is 11.9 Å². The quantitative estimate of drug-likeness (QED) is 0.760. The number of rotatable bonds is 6. The molecule has 102 valence electrons. The van der Waals surface area contributed by atoms with Gasteiger partial charge in [0, 0.05) is 0 Å². The molecule has 0 fully saturated rings. The second-order valence-electron chi connectivity index (χ2n) is 4.49. The third-order valence-electron chi connectivity index (χ3n) is 2.51. The summed E-state index contributed by atoms with van der Waals surface area (Å²) < 4.78 is 12.7. The van der Waals surface area contributed by atoms with Gasteiger partial charge in [0.15, 0.2) is 0 Å². The third-order valence-corrected chi connectivity index (χ3v) is 2.51. The van der Waals surface area contributed by atoms with Gasteiger partial charge >= 0.3 is 0 Å². The van der Waals surface area contributed by atoms with E-state index in [0.29, 0.717) is 12.0 Å². The van der Waals surface area contributed by atoms with E-state index in [0.717, 1.165) is 5.57 Å². The lowest BCUT2D eigenvalue weighted by molar-refractivity contribution is -0.126. The van der Waals surface area contributed by atoms with Crippen molar-refractivity contribution >= 4 is 11.8 Å². The summed E-state index contributed by atoms with van der Waals surface area (Å²) >= 11 is 0. The molecule has 0 bridgehead atoms. The average Bonchev–Trinajstić information content (AvgIpc) is 2.30. The molecule has 1 aromatic rings. The number of primary amides is 1. The molecular weight excluding hydrogens is 247 g/mol. The fourth-order valence-electron chi connectivity index (χ4n) is 1.60. The maximum Gasteiger partial charge on any atom is 0.240 e. The van der Waals surface area contributed by atoms with Gasteiger partial charge in [0.05, 0.1) is 6.42 Å². The minimum Gasteiger partial charge on any atom is -0.368 e. The third kappa shape index (κ3) is 5.33. The molecule has 0 unspecified atom stereocenters. The van der Waals surface area contributed by atoms with E-state index in [1.165, 1.54) is 24.3 Å². The molecule has 0 aliphatic carbocycles. The summed E-state index contributed by atoms with van der Waals surface area (Å²) in [5.41, 5.74) is 6.62. The largest absolute Gasteiger partial charge is 0.368 e. The summed E-state index contributed by atoms with van der Waals surface area (Å²) in [4.78, 5) is 22.9. The zero-order valence-corrected chi connectivity index (χ0v) is 10.8. The van der Waals surface area contributed by atoms with Gasteiger partial charge in [0.25, 0.3) is 0 Å². The maximum atomic E-state index is 12.7. The lowest BCUT2D eigenvalue weighted by Gasteiger charge is -2.15. The van der Waals surface area contributed by atoms with Crippen molar-refractivity contribution in [1.29, 1.82) is 0 Å². The van der Waals surface area contributed by atoms with E-state index in [1.54, 1.807) is 6.92 Å². The smallest absolute Gasteiger partial charge is 0.240 e. The first-order chi connectivity index (χ1) is 8.88. The number of carbonyl (C=O) groups is 2. The molecule has 1 aromatic carbocycles. The Morgan fingerprint density at radius 2 is 1.95 bits per heavy atom. The molecule has 0 aliphatic heterocycles. The minimum absolute atomic E-state index is 0.0697. The minimum atomic E-state index is -0.759. The van der Waals surface area contributed by atoms with Crippen molar-refractivity contribution in [3.05, 3.63) is 47.8 Å². The molecule has 5 heteroatoms. The Balaban J connectivity index is 2.59. The Morgan fingerprint density at radius 1 is 1.37 bits per heavy atom. The molecule has 1 rings (SSSR count). The second kappa shape index (κ2) is 6.68. The van der Waals surface area contributed by atoms with Crippen molar-refractivity contribution in [3.8, 4) is 0 Å². The van der Waals surface area contributed by atoms with E-state index in [4.69, 9.17) is 5.73 Å². The Bertz CT molecular complexity index is 483. The monoisotopic (exact) mass is 264 g/mol. The summed E-state index contributed by atoms with van der Waals surface area (Å²) in [7, 11) is 0. The standard InChI is InChI=1S/C14H17FN2O2/c1-9(2)7-12(14(16)19)17-13(18)8-10-3-5-11(15)6-4-10/h3-6,12H,1,7-8H2,2H3,(H2,16,19)(H,17,18)/t12-/m0/s1. The molecule has 0 saturated heterocycles. The summed E-state index contributed by atoms with van der Waals surface area (Å²) in [6, 6.07) is 4.84.